The van der Waals surface area contributed by atoms with Crippen molar-refractivity contribution >= 4 is 15.8 Å². The van der Waals surface area contributed by atoms with Crippen molar-refractivity contribution in [1.82, 2.24) is 5.16 Å². The molecule has 0 N–H and O–H groups in total. The molecule has 0 bridgehead atoms. The Hall–Kier alpha value is -2.42. The quantitative estimate of drug-likeness (QED) is 0.567. The van der Waals surface area contributed by atoms with Crippen LogP contribution in [0, 0.1) is 5.21 Å². The number of nitrogens with zero attached hydrogens (tertiary/aromatic N) is 2. The van der Waals surface area contributed by atoms with Crippen LogP contribution in [0.3, 0.4) is 0 Å². The molecule has 0 saturated heterocycles. The van der Waals surface area contributed by atoms with Gasteiger partial charge in [0.2, 0.25) is 15.5 Å². The van der Waals surface area contributed by atoms with Gasteiger partial charge in [0.05, 0.1) is 23.9 Å². The number of sulfone groups is 1. The Morgan fingerprint density at radius 2 is 2.05 bits per heavy atom. The maximum Gasteiger partial charge on any atom is 0.339 e. The number of ether oxygens (including phenoxy) is 1. The first-order valence-corrected chi connectivity index (χ1v) is 8.14. The van der Waals surface area contributed by atoms with Crippen molar-refractivity contribution in [3.8, 4) is 11.3 Å². The van der Waals surface area contributed by atoms with Crippen molar-refractivity contribution in [1.29, 1.82) is 0 Å². The summed E-state index contributed by atoms with van der Waals surface area (Å²) in [6.07, 6.45) is -0.323. The smallest absolute Gasteiger partial charge is 0.339 e. The lowest BCUT2D eigenvalue weighted by molar-refractivity contribution is -0.793. The minimum Gasteiger partial charge on any atom is -0.466 e. The zero-order valence-corrected chi connectivity index (χ0v) is 12.6. The summed E-state index contributed by atoms with van der Waals surface area (Å²) >= 11 is 0. The number of esters is 1. The van der Waals surface area contributed by atoms with E-state index in [1.165, 1.54) is 0 Å². The summed E-state index contributed by atoms with van der Waals surface area (Å²) in [6.45, 7) is 1.79. The Bertz CT molecular complexity index is 754. The number of rotatable bonds is 6. The van der Waals surface area contributed by atoms with Crippen LogP contribution in [-0.4, -0.2) is 31.9 Å². The average Bonchev–Trinajstić information content (AvgIpc) is 2.89. The summed E-state index contributed by atoms with van der Waals surface area (Å²) in [5, 5.41) is 14.5. The first-order chi connectivity index (χ1) is 10.5. The van der Waals surface area contributed by atoms with Gasteiger partial charge in [-0.05, 0) is 11.8 Å². The third-order valence-electron chi connectivity index (χ3n) is 2.81. The minimum absolute atomic E-state index is 0.0343. The fraction of sp³-hybridized carbons (Fsp3) is 0.308. The van der Waals surface area contributed by atoms with E-state index in [0.717, 1.165) is 0 Å². The van der Waals surface area contributed by atoms with Crippen LogP contribution >= 0.6 is 0 Å². The van der Waals surface area contributed by atoms with Crippen molar-refractivity contribution in [2.45, 2.75) is 18.4 Å². The molecule has 118 valence electrons. The van der Waals surface area contributed by atoms with Crippen molar-refractivity contribution in [3.63, 3.8) is 0 Å². The summed E-state index contributed by atoms with van der Waals surface area (Å²) in [5.41, 5.74) is 0.151. The van der Waals surface area contributed by atoms with Gasteiger partial charge in [-0.3, -0.25) is 9.42 Å². The van der Waals surface area contributed by atoms with E-state index < -0.39 is 26.6 Å². The zero-order valence-electron chi connectivity index (χ0n) is 11.8. The van der Waals surface area contributed by atoms with Crippen LogP contribution in [0.1, 0.15) is 13.3 Å². The molecule has 0 aliphatic heterocycles. The molecular weight excluding hydrogens is 312 g/mol. The highest BCUT2D eigenvalue weighted by molar-refractivity contribution is 7.91. The molecule has 1 heterocycles. The van der Waals surface area contributed by atoms with E-state index in [-0.39, 0.29) is 23.6 Å². The predicted molar refractivity (Wildman–Crippen MR) is 74.2 cm³/mol. The van der Waals surface area contributed by atoms with E-state index >= 15 is 0 Å². The van der Waals surface area contributed by atoms with Crippen LogP contribution in [0.15, 0.2) is 40.0 Å². The Balaban J connectivity index is 2.31. The van der Waals surface area contributed by atoms with E-state index in [2.05, 4.69) is 14.5 Å². The summed E-state index contributed by atoms with van der Waals surface area (Å²) in [7, 11) is -3.96. The number of aromatic nitrogens is 2. The maximum absolute atomic E-state index is 12.3. The summed E-state index contributed by atoms with van der Waals surface area (Å²) in [5.74, 6) is -1.15. The molecule has 0 amide bonds. The molecule has 9 heteroatoms. The van der Waals surface area contributed by atoms with Crippen LogP contribution in [0.4, 0.5) is 0 Å². The summed E-state index contributed by atoms with van der Waals surface area (Å²) < 4.78 is 33.6. The number of carbonyl (C=O) groups is 1. The van der Waals surface area contributed by atoms with Gasteiger partial charge in [-0.25, -0.2) is 8.42 Å². The van der Waals surface area contributed by atoms with E-state index in [9.17, 15) is 18.4 Å². The molecule has 0 aliphatic rings. The Kier molecular flexibility index (Phi) is 4.76. The zero-order chi connectivity index (χ0) is 16.2. The second-order valence-electron chi connectivity index (χ2n) is 4.32. The minimum atomic E-state index is -3.96. The molecule has 1 aromatic heterocycles. The van der Waals surface area contributed by atoms with Crippen LogP contribution in [-0.2, 0) is 19.4 Å². The number of carbonyl (C=O) groups excluding carboxylic acids is 1. The lowest BCUT2D eigenvalue weighted by atomic mass is 10.2. The Labute approximate surface area is 126 Å². The molecule has 0 fully saturated rings. The van der Waals surface area contributed by atoms with Crippen LogP contribution in [0.5, 0.6) is 0 Å². The standard InChI is InChI=1S/C13H14N2O6S/c1-2-20-11(16)8-9-22(18,19)13-12(15(17)21-14-13)10-6-4-3-5-7-10/h3-7H,2,8-9H2,1H3. The molecule has 0 saturated carbocycles. The molecular formula is C13H14N2O6S. The van der Waals surface area contributed by atoms with E-state index in [0.29, 0.717) is 5.56 Å². The highest BCUT2D eigenvalue weighted by Crippen LogP contribution is 2.23. The van der Waals surface area contributed by atoms with Gasteiger partial charge in [0, 0.05) is 5.56 Å². The second-order valence-corrected chi connectivity index (χ2v) is 6.35. The van der Waals surface area contributed by atoms with Crippen LogP contribution in [0.25, 0.3) is 11.3 Å². The Morgan fingerprint density at radius 3 is 2.68 bits per heavy atom. The molecule has 0 aliphatic carbocycles. The van der Waals surface area contributed by atoms with Crippen molar-refractivity contribution in [2.75, 3.05) is 12.4 Å². The summed E-state index contributed by atoms with van der Waals surface area (Å²) in [4.78, 5) is 11.3. The predicted octanol–water partition coefficient (Wildman–Crippen LogP) is 0.702. The van der Waals surface area contributed by atoms with Crippen LogP contribution < -0.4 is 4.90 Å². The SMILES string of the molecule is CCOC(=O)CCS(=O)(=O)c1no[n+]([O-])c1-c1ccccc1. The molecule has 0 atom stereocenters. The molecule has 1 aromatic carbocycles. The van der Waals surface area contributed by atoms with Crippen LogP contribution in [0.2, 0.25) is 0 Å². The summed E-state index contributed by atoms with van der Waals surface area (Å²) in [6, 6.07) is 8.15. The average molecular weight is 326 g/mol. The highest BCUT2D eigenvalue weighted by atomic mass is 32.2. The molecule has 2 aromatic rings. The topological polar surface area (TPSA) is 113 Å². The number of benzene rings is 1. The van der Waals surface area contributed by atoms with Gasteiger partial charge in [-0.2, -0.15) is 0 Å². The van der Waals surface area contributed by atoms with Crippen molar-refractivity contribution in [3.05, 3.63) is 35.5 Å². The highest BCUT2D eigenvalue weighted by Gasteiger charge is 2.33. The van der Waals surface area contributed by atoms with Gasteiger partial charge in [0.15, 0.2) is 0 Å². The van der Waals surface area contributed by atoms with E-state index in [4.69, 9.17) is 0 Å². The van der Waals surface area contributed by atoms with Gasteiger partial charge < -0.3 is 9.94 Å². The largest absolute Gasteiger partial charge is 0.466 e. The Morgan fingerprint density at radius 1 is 1.36 bits per heavy atom. The van der Waals surface area contributed by atoms with E-state index in [1.807, 2.05) is 0 Å². The molecule has 2 rings (SSSR count). The van der Waals surface area contributed by atoms with Gasteiger partial charge in [-0.15, -0.1) is 0 Å². The molecule has 0 unspecified atom stereocenters. The number of hydrogen-bond donors (Lipinski definition) is 0. The first-order valence-electron chi connectivity index (χ1n) is 6.49. The number of hydrogen-bond acceptors (Lipinski definition) is 7. The molecule has 0 spiro atoms. The first kappa shape index (κ1) is 16.0. The molecule has 8 nitrogen and oxygen atoms in total. The molecule has 0 radical (unpaired) electrons. The fourth-order valence-electron chi connectivity index (χ4n) is 1.81. The van der Waals surface area contributed by atoms with E-state index in [1.54, 1.807) is 37.3 Å². The van der Waals surface area contributed by atoms with Gasteiger partial charge in [0.25, 0.3) is 0 Å². The van der Waals surface area contributed by atoms with Gasteiger partial charge in [0.1, 0.15) is 0 Å². The monoisotopic (exact) mass is 326 g/mol. The fourth-order valence-corrected chi connectivity index (χ4v) is 3.08. The normalized spacial score (nSPS) is 11.3. The van der Waals surface area contributed by atoms with Crippen molar-refractivity contribution in [2.24, 2.45) is 0 Å². The van der Waals surface area contributed by atoms with Gasteiger partial charge in [-0.1, -0.05) is 30.3 Å². The van der Waals surface area contributed by atoms with Gasteiger partial charge >= 0.3 is 11.0 Å². The maximum atomic E-state index is 12.3. The lowest BCUT2D eigenvalue weighted by Crippen LogP contribution is -2.26. The lowest BCUT2D eigenvalue weighted by Gasteiger charge is -2.02. The third-order valence-corrected chi connectivity index (χ3v) is 4.40. The molecule has 22 heavy (non-hydrogen) atoms. The van der Waals surface area contributed by atoms with Crippen molar-refractivity contribution < 1.29 is 27.5 Å². The third kappa shape index (κ3) is 3.42. The second kappa shape index (κ2) is 6.56.